The zero-order chi connectivity index (χ0) is 10.6. The molecule has 1 rings (SSSR count). The molecule has 0 unspecified atom stereocenters. The third kappa shape index (κ3) is 3.08. The summed E-state index contributed by atoms with van der Waals surface area (Å²) < 4.78 is 0. The molecule has 0 aliphatic heterocycles. The van der Waals surface area contributed by atoms with E-state index in [1.165, 1.54) is 0 Å². The molecule has 1 aromatic rings. The topological polar surface area (TPSA) is 68.0 Å². The lowest BCUT2D eigenvalue weighted by Gasteiger charge is -2.05. The van der Waals surface area contributed by atoms with Gasteiger partial charge in [-0.25, -0.2) is 4.98 Å². The SMILES string of the molecule is CCc1nc(CNC(=O)[C@H](C)N)cs1. The molecule has 1 atom stereocenters. The second-order valence-electron chi connectivity index (χ2n) is 3.09. The summed E-state index contributed by atoms with van der Waals surface area (Å²) in [5.74, 6) is -0.143. The smallest absolute Gasteiger partial charge is 0.236 e. The monoisotopic (exact) mass is 213 g/mol. The molecule has 0 bridgehead atoms. The van der Waals surface area contributed by atoms with Crippen LogP contribution in [-0.2, 0) is 17.8 Å². The lowest BCUT2D eigenvalue weighted by atomic mass is 10.3. The predicted molar refractivity (Wildman–Crippen MR) is 57.0 cm³/mol. The molecular formula is C9H15N3OS. The summed E-state index contributed by atoms with van der Waals surface area (Å²) in [5, 5.41) is 5.77. The van der Waals surface area contributed by atoms with Crippen molar-refractivity contribution in [3.8, 4) is 0 Å². The van der Waals surface area contributed by atoms with Gasteiger partial charge in [-0.15, -0.1) is 11.3 Å². The van der Waals surface area contributed by atoms with Gasteiger partial charge in [-0.05, 0) is 13.3 Å². The average Bonchev–Trinajstić information content (AvgIpc) is 2.61. The van der Waals surface area contributed by atoms with Gasteiger partial charge >= 0.3 is 0 Å². The van der Waals surface area contributed by atoms with Gasteiger partial charge in [0.15, 0.2) is 0 Å². The van der Waals surface area contributed by atoms with Crippen LogP contribution in [0.3, 0.4) is 0 Å². The molecule has 0 radical (unpaired) electrons. The fraction of sp³-hybridized carbons (Fsp3) is 0.556. The number of nitrogens with one attached hydrogen (secondary N) is 1. The van der Waals surface area contributed by atoms with Crippen molar-refractivity contribution in [2.75, 3.05) is 0 Å². The minimum atomic E-state index is -0.459. The van der Waals surface area contributed by atoms with Crippen LogP contribution in [0.5, 0.6) is 0 Å². The Balaban J connectivity index is 2.41. The van der Waals surface area contributed by atoms with E-state index in [0.29, 0.717) is 6.54 Å². The number of carbonyl (C=O) groups excluding carboxylic acids is 1. The molecule has 0 spiro atoms. The van der Waals surface area contributed by atoms with Crippen LogP contribution in [0.25, 0.3) is 0 Å². The van der Waals surface area contributed by atoms with Crippen molar-refractivity contribution in [1.29, 1.82) is 0 Å². The molecule has 5 heteroatoms. The average molecular weight is 213 g/mol. The lowest BCUT2D eigenvalue weighted by molar-refractivity contribution is -0.122. The summed E-state index contributed by atoms with van der Waals surface area (Å²) in [6, 6.07) is -0.459. The number of hydrogen-bond donors (Lipinski definition) is 2. The van der Waals surface area contributed by atoms with Crippen LogP contribution < -0.4 is 11.1 Å². The summed E-state index contributed by atoms with van der Waals surface area (Å²) in [6.07, 6.45) is 0.936. The zero-order valence-electron chi connectivity index (χ0n) is 8.41. The summed E-state index contributed by atoms with van der Waals surface area (Å²) in [4.78, 5) is 15.5. The molecule has 14 heavy (non-hydrogen) atoms. The molecule has 3 N–H and O–H groups in total. The summed E-state index contributed by atoms with van der Waals surface area (Å²) in [6.45, 7) is 4.19. The van der Waals surface area contributed by atoms with Crippen LogP contribution in [-0.4, -0.2) is 16.9 Å². The molecule has 0 saturated heterocycles. The number of thiazole rings is 1. The molecule has 0 aromatic carbocycles. The van der Waals surface area contributed by atoms with E-state index in [0.717, 1.165) is 17.1 Å². The van der Waals surface area contributed by atoms with Crippen molar-refractivity contribution in [2.24, 2.45) is 5.73 Å². The first-order chi connectivity index (χ1) is 6.63. The summed E-state index contributed by atoms with van der Waals surface area (Å²) >= 11 is 1.62. The van der Waals surface area contributed by atoms with Crippen molar-refractivity contribution < 1.29 is 4.79 Å². The Bertz CT molecular complexity index is 309. The normalized spacial score (nSPS) is 12.5. The number of amides is 1. The number of aryl methyl sites for hydroxylation is 1. The second kappa shape index (κ2) is 5.07. The number of nitrogens with zero attached hydrogens (tertiary/aromatic N) is 1. The van der Waals surface area contributed by atoms with E-state index < -0.39 is 6.04 Å². The number of carbonyl (C=O) groups is 1. The second-order valence-corrected chi connectivity index (χ2v) is 4.04. The predicted octanol–water partition coefficient (Wildman–Crippen LogP) is 0.669. The van der Waals surface area contributed by atoms with Gasteiger partial charge in [-0.2, -0.15) is 0 Å². The van der Waals surface area contributed by atoms with E-state index in [9.17, 15) is 4.79 Å². The fourth-order valence-electron chi connectivity index (χ4n) is 0.931. The summed E-state index contributed by atoms with van der Waals surface area (Å²) in [7, 11) is 0. The minimum Gasteiger partial charge on any atom is -0.349 e. The van der Waals surface area contributed by atoms with E-state index in [2.05, 4.69) is 17.2 Å². The molecular weight excluding hydrogens is 198 g/mol. The lowest BCUT2D eigenvalue weighted by Crippen LogP contribution is -2.37. The molecule has 1 amide bonds. The zero-order valence-corrected chi connectivity index (χ0v) is 9.23. The molecule has 0 saturated carbocycles. The van der Waals surface area contributed by atoms with Crippen molar-refractivity contribution in [3.05, 3.63) is 16.1 Å². The van der Waals surface area contributed by atoms with Crippen LogP contribution in [0.4, 0.5) is 0 Å². The largest absolute Gasteiger partial charge is 0.349 e. The Hall–Kier alpha value is -0.940. The van der Waals surface area contributed by atoms with Crippen LogP contribution >= 0.6 is 11.3 Å². The van der Waals surface area contributed by atoms with Gasteiger partial charge in [-0.3, -0.25) is 4.79 Å². The molecule has 0 fully saturated rings. The van der Waals surface area contributed by atoms with Gasteiger partial charge in [0.05, 0.1) is 23.3 Å². The van der Waals surface area contributed by atoms with Crippen molar-refractivity contribution in [1.82, 2.24) is 10.3 Å². The minimum absolute atomic E-state index is 0.143. The van der Waals surface area contributed by atoms with E-state index in [4.69, 9.17) is 5.73 Å². The first kappa shape index (κ1) is 11.1. The summed E-state index contributed by atoms with van der Waals surface area (Å²) in [5.41, 5.74) is 6.31. The Morgan fingerprint density at radius 1 is 1.79 bits per heavy atom. The molecule has 1 heterocycles. The highest BCUT2D eigenvalue weighted by Crippen LogP contribution is 2.09. The number of hydrogen-bond acceptors (Lipinski definition) is 4. The maximum Gasteiger partial charge on any atom is 0.236 e. The highest BCUT2D eigenvalue weighted by atomic mass is 32.1. The highest BCUT2D eigenvalue weighted by Gasteiger charge is 2.07. The van der Waals surface area contributed by atoms with Gasteiger partial charge in [0.1, 0.15) is 0 Å². The Morgan fingerprint density at radius 3 is 3.00 bits per heavy atom. The van der Waals surface area contributed by atoms with Gasteiger partial charge in [0, 0.05) is 5.38 Å². The first-order valence-electron chi connectivity index (χ1n) is 4.60. The van der Waals surface area contributed by atoms with E-state index in [1.54, 1.807) is 18.3 Å². The molecule has 0 aliphatic carbocycles. The molecule has 0 aliphatic rings. The first-order valence-corrected chi connectivity index (χ1v) is 5.48. The maximum absolute atomic E-state index is 11.1. The fourth-order valence-corrected chi connectivity index (χ4v) is 1.68. The van der Waals surface area contributed by atoms with E-state index >= 15 is 0 Å². The van der Waals surface area contributed by atoms with Crippen LogP contribution in [0.15, 0.2) is 5.38 Å². The van der Waals surface area contributed by atoms with Crippen LogP contribution in [0.2, 0.25) is 0 Å². The van der Waals surface area contributed by atoms with Gasteiger partial charge < -0.3 is 11.1 Å². The standard InChI is InChI=1S/C9H15N3OS/c1-3-8-12-7(5-14-8)4-11-9(13)6(2)10/h5-6H,3-4,10H2,1-2H3,(H,11,13)/t6-/m0/s1. The molecule has 4 nitrogen and oxygen atoms in total. The molecule has 1 aromatic heterocycles. The van der Waals surface area contributed by atoms with Gasteiger partial charge in [0.25, 0.3) is 0 Å². The maximum atomic E-state index is 11.1. The van der Waals surface area contributed by atoms with E-state index in [1.807, 2.05) is 5.38 Å². The van der Waals surface area contributed by atoms with Gasteiger partial charge in [0.2, 0.25) is 5.91 Å². The Morgan fingerprint density at radius 2 is 2.50 bits per heavy atom. The number of rotatable bonds is 4. The van der Waals surface area contributed by atoms with Gasteiger partial charge in [-0.1, -0.05) is 6.92 Å². The Kier molecular flexibility index (Phi) is 4.03. The Labute approximate surface area is 87.5 Å². The quantitative estimate of drug-likeness (QED) is 0.772. The number of aromatic nitrogens is 1. The van der Waals surface area contributed by atoms with Crippen LogP contribution in [0, 0.1) is 0 Å². The third-order valence-electron chi connectivity index (χ3n) is 1.76. The van der Waals surface area contributed by atoms with Crippen molar-refractivity contribution >= 4 is 17.2 Å². The number of nitrogens with two attached hydrogens (primary N) is 1. The third-order valence-corrected chi connectivity index (χ3v) is 2.80. The van der Waals surface area contributed by atoms with E-state index in [-0.39, 0.29) is 5.91 Å². The molecule has 78 valence electrons. The van der Waals surface area contributed by atoms with Crippen molar-refractivity contribution in [3.63, 3.8) is 0 Å². The van der Waals surface area contributed by atoms with Crippen LogP contribution in [0.1, 0.15) is 24.5 Å². The highest BCUT2D eigenvalue weighted by molar-refractivity contribution is 7.09. The van der Waals surface area contributed by atoms with Crippen molar-refractivity contribution in [2.45, 2.75) is 32.9 Å².